The van der Waals surface area contributed by atoms with E-state index in [4.69, 9.17) is 21.1 Å². The maximum atomic E-state index is 13.5. The SMILES string of the molecule is CC(C)OC(=O)NN(C(=O)OC(C)C)C1(Cc2ccccc2)C(=O)Nc2ccc(Cl)cc21. The van der Waals surface area contributed by atoms with Crippen molar-refractivity contribution in [1.82, 2.24) is 10.4 Å². The number of carbonyl (C=O) groups is 3. The van der Waals surface area contributed by atoms with E-state index in [1.54, 1.807) is 45.9 Å². The molecule has 0 spiro atoms. The zero-order chi connectivity index (χ0) is 23.5. The summed E-state index contributed by atoms with van der Waals surface area (Å²) in [5, 5.41) is 4.08. The fourth-order valence-electron chi connectivity index (χ4n) is 3.57. The van der Waals surface area contributed by atoms with Crippen LogP contribution in [0.3, 0.4) is 0 Å². The number of fused-ring (bicyclic) bond motifs is 1. The van der Waals surface area contributed by atoms with E-state index in [9.17, 15) is 14.4 Å². The molecule has 3 rings (SSSR count). The van der Waals surface area contributed by atoms with Gasteiger partial charge in [-0.25, -0.2) is 15.0 Å². The summed E-state index contributed by atoms with van der Waals surface area (Å²) in [6.07, 6.45) is -2.68. The van der Waals surface area contributed by atoms with E-state index in [-0.39, 0.29) is 6.42 Å². The molecule has 2 N–H and O–H groups in total. The number of benzene rings is 2. The molecular weight excluding hydrogens is 434 g/mol. The third kappa shape index (κ3) is 4.80. The Morgan fingerprint density at radius 3 is 2.34 bits per heavy atom. The lowest BCUT2D eigenvalue weighted by Crippen LogP contribution is -2.62. The van der Waals surface area contributed by atoms with Gasteiger partial charge in [0.15, 0.2) is 5.54 Å². The average molecular weight is 460 g/mol. The number of nitrogens with one attached hydrogen (secondary N) is 2. The van der Waals surface area contributed by atoms with Crippen molar-refractivity contribution in [2.45, 2.75) is 51.9 Å². The highest BCUT2D eigenvalue weighted by atomic mass is 35.5. The number of rotatable bonds is 5. The molecule has 170 valence electrons. The largest absolute Gasteiger partial charge is 0.446 e. The molecule has 2 aromatic rings. The van der Waals surface area contributed by atoms with E-state index < -0.39 is 35.8 Å². The van der Waals surface area contributed by atoms with E-state index in [2.05, 4.69) is 10.7 Å². The van der Waals surface area contributed by atoms with Crippen LogP contribution < -0.4 is 10.7 Å². The zero-order valence-corrected chi connectivity index (χ0v) is 19.1. The van der Waals surface area contributed by atoms with Gasteiger partial charge in [-0.3, -0.25) is 4.79 Å². The second-order valence-corrected chi connectivity index (χ2v) is 8.44. The lowest BCUT2D eigenvalue weighted by atomic mass is 9.84. The summed E-state index contributed by atoms with van der Waals surface area (Å²) in [6, 6.07) is 14.0. The van der Waals surface area contributed by atoms with Crippen molar-refractivity contribution in [2.24, 2.45) is 0 Å². The summed E-state index contributed by atoms with van der Waals surface area (Å²) >= 11 is 6.26. The topological polar surface area (TPSA) is 97.0 Å². The van der Waals surface area contributed by atoms with Crippen LogP contribution in [0.15, 0.2) is 48.5 Å². The van der Waals surface area contributed by atoms with Crippen LogP contribution >= 0.6 is 11.6 Å². The Morgan fingerprint density at radius 1 is 1.06 bits per heavy atom. The predicted molar refractivity (Wildman–Crippen MR) is 120 cm³/mol. The van der Waals surface area contributed by atoms with E-state index in [0.717, 1.165) is 10.6 Å². The lowest BCUT2D eigenvalue weighted by Gasteiger charge is -2.38. The summed E-state index contributed by atoms with van der Waals surface area (Å²) in [6.45, 7) is 6.69. The Kier molecular flexibility index (Phi) is 6.93. The zero-order valence-electron chi connectivity index (χ0n) is 18.3. The Labute approximate surface area is 191 Å². The van der Waals surface area contributed by atoms with Gasteiger partial charge in [0.05, 0.1) is 12.2 Å². The molecule has 0 fully saturated rings. The normalized spacial score (nSPS) is 17.0. The molecule has 3 amide bonds. The fourth-order valence-corrected chi connectivity index (χ4v) is 3.74. The van der Waals surface area contributed by atoms with Gasteiger partial charge in [-0.2, -0.15) is 5.01 Å². The molecule has 2 aromatic carbocycles. The Morgan fingerprint density at radius 2 is 1.72 bits per heavy atom. The Hall–Kier alpha value is -3.26. The van der Waals surface area contributed by atoms with Gasteiger partial charge < -0.3 is 14.8 Å². The van der Waals surface area contributed by atoms with Crippen molar-refractivity contribution < 1.29 is 23.9 Å². The maximum Gasteiger partial charge on any atom is 0.430 e. The second kappa shape index (κ2) is 9.48. The van der Waals surface area contributed by atoms with E-state index in [0.29, 0.717) is 16.3 Å². The molecule has 0 saturated carbocycles. The van der Waals surface area contributed by atoms with Crippen LogP contribution in [-0.4, -0.2) is 35.3 Å². The van der Waals surface area contributed by atoms with Gasteiger partial charge in [-0.15, -0.1) is 0 Å². The van der Waals surface area contributed by atoms with Crippen LogP contribution in [0.25, 0.3) is 0 Å². The van der Waals surface area contributed by atoms with Crippen molar-refractivity contribution in [2.75, 3.05) is 5.32 Å². The maximum absolute atomic E-state index is 13.5. The molecule has 0 aliphatic carbocycles. The quantitative estimate of drug-likeness (QED) is 0.635. The van der Waals surface area contributed by atoms with Gasteiger partial charge in [-0.05, 0) is 51.5 Å². The molecule has 0 bridgehead atoms. The first kappa shape index (κ1) is 23.4. The summed E-state index contributed by atoms with van der Waals surface area (Å²) in [5.74, 6) is -0.510. The molecule has 8 nitrogen and oxygen atoms in total. The Balaban J connectivity index is 2.18. The Bertz CT molecular complexity index is 1010. The molecule has 1 aliphatic heterocycles. The molecule has 9 heteroatoms. The van der Waals surface area contributed by atoms with Crippen molar-refractivity contribution in [3.63, 3.8) is 0 Å². The van der Waals surface area contributed by atoms with Crippen molar-refractivity contribution in [1.29, 1.82) is 0 Å². The third-order valence-corrected chi connectivity index (χ3v) is 5.04. The third-order valence-electron chi connectivity index (χ3n) is 4.80. The first-order chi connectivity index (χ1) is 15.1. The van der Waals surface area contributed by atoms with Crippen LogP contribution in [0.2, 0.25) is 5.02 Å². The summed E-state index contributed by atoms with van der Waals surface area (Å²) in [5.41, 5.74) is 2.46. The van der Waals surface area contributed by atoms with Crippen LogP contribution in [0.1, 0.15) is 38.8 Å². The summed E-state index contributed by atoms with van der Waals surface area (Å²) in [7, 11) is 0. The van der Waals surface area contributed by atoms with Gasteiger partial charge in [0, 0.05) is 22.7 Å². The van der Waals surface area contributed by atoms with Crippen LogP contribution in [0, 0.1) is 0 Å². The predicted octanol–water partition coefficient (Wildman–Crippen LogP) is 4.63. The van der Waals surface area contributed by atoms with Gasteiger partial charge in [0.2, 0.25) is 0 Å². The van der Waals surface area contributed by atoms with Crippen molar-refractivity contribution in [3.05, 3.63) is 64.7 Å². The minimum atomic E-state index is -1.66. The van der Waals surface area contributed by atoms with Crippen molar-refractivity contribution >= 4 is 35.4 Å². The van der Waals surface area contributed by atoms with Gasteiger partial charge in [-0.1, -0.05) is 41.9 Å². The minimum Gasteiger partial charge on any atom is -0.446 e. The highest BCUT2D eigenvalue weighted by molar-refractivity contribution is 6.31. The fraction of sp³-hybridized carbons (Fsp3) is 0.348. The first-order valence-corrected chi connectivity index (χ1v) is 10.6. The number of ether oxygens (including phenoxy) is 2. The molecule has 1 aliphatic rings. The molecule has 0 saturated heterocycles. The second-order valence-electron chi connectivity index (χ2n) is 8.00. The highest BCUT2D eigenvalue weighted by Crippen LogP contribution is 2.44. The summed E-state index contributed by atoms with van der Waals surface area (Å²) in [4.78, 5) is 39.3. The van der Waals surface area contributed by atoms with Gasteiger partial charge >= 0.3 is 12.2 Å². The number of hydrazine groups is 1. The van der Waals surface area contributed by atoms with Crippen LogP contribution in [-0.2, 0) is 26.2 Å². The molecule has 1 atom stereocenters. The van der Waals surface area contributed by atoms with E-state index in [1.807, 2.05) is 30.3 Å². The molecule has 1 unspecified atom stereocenters. The van der Waals surface area contributed by atoms with Gasteiger partial charge in [0.25, 0.3) is 5.91 Å². The smallest absolute Gasteiger partial charge is 0.430 e. The van der Waals surface area contributed by atoms with Crippen LogP contribution in [0.5, 0.6) is 0 Å². The van der Waals surface area contributed by atoms with E-state index >= 15 is 0 Å². The number of hydrogen-bond acceptors (Lipinski definition) is 5. The summed E-state index contributed by atoms with van der Waals surface area (Å²) < 4.78 is 10.6. The molecular formula is C23H26ClN3O5. The molecule has 32 heavy (non-hydrogen) atoms. The molecule has 0 radical (unpaired) electrons. The lowest BCUT2D eigenvalue weighted by molar-refractivity contribution is -0.129. The first-order valence-electron chi connectivity index (χ1n) is 10.3. The molecule has 1 heterocycles. The van der Waals surface area contributed by atoms with Crippen LogP contribution in [0.4, 0.5) is 15.3 Å². The standard InChI is InChI=1S/C23H26ClN3O5/c1-14(2)31-21(29)26-27(22(30)32-15(3)4)23(13-16-8-6-5-7-9-16)18-12-17(24)10-11-19(18)25-20(23)28/h5-12,14-15H,13H2,1-4H3,(H,25,28)(H,26,29). The minimum absolute atomic E-state index is 0.0577. The number of hydrogen-bond donors (Lipinski definition) is 2. The number of anilines is 1. The number of carbonyl (C=O) groups excluding carboxylic acids is 3. The van der Waals surface area contributed by atoms with E-state index in [1.165, 1.54) is 0 Å². The highest BCUT2D eigenvalue weighted by Gasteiger charge is 2.55. The monoisotopic (exact) mass is 459 g/mol. The number of amides is 3. The van der Waals surface area contributed by atoms with Gasteiger partial charge in [0.1, 0.15) is 0 Å². The average Bonchev–Trinajstić information content (AvgIpc) is 2.97. The van der Waals surface area contributed by atoms with Crippen molar-refractivity contribution in [3.8, 4) is 0 Å². The molecule has 0 aromatic heterocycles. The number of halogens is 1. The number of nitrogens with zero attached hydrogens (tertiary/aromatic N) is 1.